The Kier molecular flexibility index (Phi) is 5.44. The molecule has 0 atom stereocenters. The summed E-state index contributed by atoms with van der Waals surface area (Å²) in [5, 5.41) is 0. The minimum absolute atomic E-state index is 0.496. The van der Waals surface area contributed by atoms with E-state index in [1.54, 1.807) is 7.11 Å². The van der Waals surface area contributed by atoms with Gasteiger partial charge in [0.25, 0.3) is 0 Å². The van der Waals surface area contributed by atoms with E-state index in [2.05, 4.69) is 28.1 Å². The highest BCUT2D eigenvalue weighted by Gasteiger charge is 2.01. The molecule has 20 heavy (non-hydrogen) atoms. The molecule has 0 aliphatic heterocycles. The molecule has 2 rings (SSSR count). The molecular formula is C16H18BrNO2. The van der Waals surface area contributed by atoms with Crippen molar-refractivity contribution in [2.24, 2.45) is 5.73 Å². The van der Waals surface area contributed by atoms with Crippen LogP contribution in [0.15, 0.2) is 46.9 Å². The summed E-state index contributed by atoms with van der Waals surface area (Å²) in [6.07, 6.45) is 0.859. The molecule has 0 radical (unpaired) electrons. The van der Waals surface area contributed by atoms with Crippen LogP contribution in [0.1, 0.15) is 11.1 Å². The van der Waals surface area contributed by atoms with E-state index in [1.807, 2.05) is 30.3 Å². The fourth-order valence-electron chi connectivity index (χ4n) is 1.88. The van der Waals surface area contributed by atoms with E-state index in [9.17, 15) is 0 Å². The van der Waals surface area contributed by atoms with Crippen molar-refractivity contribution < 1.29 is 9.47 Å². The highest BCUT2D eigenvalue weighted by Crippen LogP contribution is 2.22. The van der Waals surface area contributed by atoms with Crippen molar-refractivity contribution >= 4 is 15.9 Å². The molecule has 0 saturated heterocycles. The summed E-state index contributed by atoms with van der Waals surface area (Å²) < 4.78 is 11.9. The van der Waals surface area contributed by atoms with Crippen molar-refractivity contribution in [1.29, 1.82) is 0 Å². The predicted octanol–water partition coefficient (Wildman–Crippen LogP) is 3.54. The zero-order chi connectivity index (χ0) is 14.4. The highest BCUT2D eigenvalue weighted by molar-refractivity contribution is 9.10. The van der Waals surface area contributed by atoms with Crippen LogP contribution in [0.25, 0.3) is 0 Å². The molecule has 0 heterocycles. The van der Waals surface area contributed by atoms with E-state index in [0.717, 1.165) is 28.0 Å². The van der Waals surface area contributed by atoms with Gasteiger partial charge in [-0.05, 0) is 41.5 Å². The molecular weight excluding hydrogens is 318 g/mol. The van der Waals surface area contributed by atoms with Crippen LogP contribution in [0.4, 0.5) is 0 Å². The molecule has 0 amide bonds. The minimum atomic E-state index is 0.496. The van der Waals surface area contributed by atoms with E-state index < -0.39 is 0 Å². The predicted molar refractivity (Wildman–Crippen MR) is 84.2 cm³/mol. The Hall–Kier alpha value is -1.52. The lowest BCUT2D eigenvalue weighted by atomic mass is 10.1. The number of halogens is 1. The summed E-state index contributed by atoms with van der Waals surface area (Å²) >= 11 is 3.46. The molecule has 106 valence electrons. The van der Waals surface area contributed by atoms with Gasteiger partial charge in [0.15, 0.2) is 0 Å². The van der Waals surface area contributed by atoms with E-state index in [-0.39, 0.29) is 0 Å². The van der Waals surface area contributed by atoms with Gasteiger partial charge in [-0.25, -0.2) is 0 Å². The first-order chi connectivity index (χ1) is 9.72. The molecule has 0 unspecified atom stereocenters. The number of hydrogen-bond acceptors (Lipinski definition) is 3. The van der Waals surface area contributed by atoms with Gasteiger partial charge in [-0.2, -0.15) is 0 Å². The Labute approximate surface area is 127 Å². The normalized spacial score (nSPS) is 10.3. The summed E-state index contributed by atoms with van der Waals surface area (Å²) in [4.78, 5) is 0. The number of rotatable bonds is 6. The molecule has 2 N–H and O–H groups in total. The maximum absolute atomic E-state index is 5.76. The summed E-state index contributed by atoms with van der Waals surface area (Å²) in [5.41, 5.74) is 7.94. The topological polar surface area (TPSA) is 44.5 Å². The van der Waals surface area contributed by atoms with Crippen molar-refractivity contribution in [3.05, 3.63) is 58.1 Å². The molecule has 2 aromatic rings. The van der Waals surface area contributed by atoms with Crippen molar-refractivity contribution in [2.75, 3.05) is 13.7 Å². The van der Waals surface area contributed by atoms with Crippen LogP contribution in [0.2, 0.25) is 0 Å². The number of benzene rings is 2. The maximum Gasteiger partial charge on any atom is 0.119 e. The summed E-state index contributed by atoms with van der Waals surface area (Å²) in [7, 11) is 1.67. The van der Waals surface area contributed by atoms with Gasteiger partial charge in [0.2, 0.25) is 0 Å². The van der Waals surface area contributed by atoms with Gasteiger partial charge in [-0.1, -0.05) is 28.1 Å². The molecule has 0 saturated carbocycles. The molecule has 0 aliphatic carbocycles. The van der Waals surface area contributed by atoms with E-state index in [4.69, 9.17) is 15.2 Å². The van der Waals surface area contributed by atoms with E-state index in [0.29, 0.717) is 13.2 Å². The van der Waals surface area contributed by atoms with Crippen LogP contribution in [-0.2, 0) is 13.0 Å². The lowest BCUT2D eigenvalue weighted by molar-refractivity contribution is 0.321. The smallest absolute Gasteiger partial charge is 0.119 e. The van der Waals surface area contributed by atoms with E-state index in [1.165, 1.54) is 5.56 Å². The van der Waals surface area contributed by atoms with Gasteiger partial charge in [0.1, 0.15) is 11.5 Å². The van der Waals surface area contributed by atoms with Crippen molar-refractivity contribution in [1.82, 2.24) is 0 Å². The second-order valence-corrected chi connectivity index (χ2v) is 5.26. The third-order valence-electron chi connectivity index (χ3n) is 3.06. The largest absolute Gasteiger partial charge is 0.497 e. The molecule has 0 fully saturated rings. The molecule has 0 bridgehead atoms. The summed E-state index contributed by atoms with van der Waals surface area (Å²) in [6.45, 7) is 1.13. The molecule has 0 spiro atoms. The molecule has 0 aromatic heterocycles. The standard InChI is InChI=1S/C16H18BrNO2/c1-19-14-4-2-12(3-5-14)8-9-20-15-6-7-16(17)13(10-15)11-18/h2-7,10H,8-9,11,18H2,1H3. The Morgan fingerprint density at radius 2 is 1.75 bits per heavy atom. The van der Waals surface area contributed by atoms with Gasteiger partial charge in [0, 0.05) is 17.4 Å². The monoisotopic (exact) mass is 335 g/mol. The molecule has 3 nitrogen and oxygen atoms in total. The van der Waals surface area contributed by atoms with Crippen LogP contribution in [0.3, 0.4) is 0 Å². The zero-order valence-electron chi connectivity index (χ0n) is 11.4. The zero-order valence-corrected chi connectivity index (χ0v) is 13.0. The van der Waals surface area contributed by atoms with Crippen LogP contribution < -0.4 is 15.2 Å². The van der Waals surface area contributed by atoms with Crippen molar-refractivity contribution in [3.63, 3.8) is 0 Å². The van der Waals surface area contributed by atoms with Crippen LogP contribution in [0, 0.1) is 0 Å². The summed E-state index contributed by atoms with van der Waals surface area (Å²) in [6, 6.07) is 13.9. The lowest BCUT2D eigenvalue weighted by Gasteiger charge is -2.09. The fourth-order valence-corrected chi connectivity index (χ4v) is 2.28. The Morgan fingerprint density at radius 3 is 2.40 bits per heavy atom. The Morgan fingerprint density at radius 1 is 1.05 bits per heavy atom. The van der Waals surface area contributed by atoms with Gasteiger partial charge in [-0.15, -0.1) is 0 Å². The first-order valence-electron chi connectivity index (χ1n) is 6.47. The third kappa shape index (κ3) is 3.99. The Bertz CT molecular complexity index is 555. The first-order valence-corrected chi connectivity index (χ1v) is 7.26. The molecule has 2 aromatic carbocycles. The number of methoxy groups -OCH3 is 1. The molecule has 0 aliphatic rings. The van der Waals surface area contributed by atoms with Crippen LogP contribution in [0.5, 0.6) is 11.5 Å². The van der Waals surface area contributed by atoms with E-state index >= 15 is 0 Å². The van der Waals surface area contributed by atoms with Crippen molar-refractivity contribution in [3.8, 4) is 11.5 Å². The quantitative estimate of drug-likeness (QED) is 0.878. The highest BCUT2D eigenvalue weighted by atomic mass is 79.9. The second-order valence-electron chi connectivity index (χ2n) is 4.40. The van der Waals surface area contributed by atoms with Crippen LogP contribution >= 0.6 is 15.9 Å². The number of hydrogen-bond donors (Lipinski definition) is 1. The van der Waals surface area contributed by atoms with Gasteiger partial charge in [-0.3, -0.25) is 0 Å². The molecule has 4 heteroatoms. The lowest BCUT2D eigenvalue weighted by Crippen LogP contribution is -2.03. The first kappa shape index (κ1) is 14.9. The minimum Gasteiger partial charge on any atom is -0.497 e. The van der Waals surface area contributed by atoms with Gasteiger partial charge < -0.3 is 15.2 Å². The average molecular weight is 336 g/mol. The second kappa shape index (κ2) is 7.31. The van der Waals surface area contributed by atoms with Gasteiger partial charge in [0.05, 0.1) is 13.7 Å². The third-order valence-corrected chi connectivity index (χ3v) is 3.83. The van der Waals surface area contributed by atoms with Crippen molar-refractivity contribution in [2.45, 2.75) is 13.0 Å². The number of ether oxygens (including phenoxy) is 2. The van der Waals surface area contributed by atoms with Gasteiger partial charge >= 0.3 is 0 Å². The maximum atomic E-state index is 5.76. The number of nitrogens with two attached hydrogens (primary N) is 1. The SMILES string of the molecule is COc1ccc(CCOc2ccc(Br)c(CN)c2)cc1. The Balaban J connectivity index is 1.88. The van der Waals surface area contributed by atoms with Crippen LogP contribution in [-0.4, -0.2) is 13.7 Å². The fraction of sp³-hybridized carbons (Fsp3) is 0.250. The average Bonchev–Trinajstić information content (AvgIpc) is 2.49. The summed E-state index contributed by atoms with van der Waals surface area (Å²) in [5.74, 6) is 1.72.